The lowest BCUT2D eigenvalue weighted by Gasteiger charge is -2.42. The summed E-state index contributed by atoms with van der Waals surface area (Å²) in [6, 6.07) is 7.95. The fourth-order valence-corrected chi connectivity index (χ4v) is 5.49. The first-order valence-corrected chi connectivity index (χ1v) is 12.9. The van der Waals surface area contributed by atoms with Crippen LogP contribution >= 0.6 is 0 Å². The molecule has 0 spiro atoms. The molecule has 1 fully saturated rings. The van der Waals surface area contributed by atoms with Gasteiger partial charge in [-0.2, -0.15) is 27.1 Å². The number of likely N-dealkylation sites (tertiary alicyclic amines) is 1. The molecule has 6 nitrogen and oxygen atoms in total. The van der Waals surface area contributed by atoms with E-state index >= 15 is 0 Å². The first kappa shape index (κ1) is 27.4. The van der Waals surface area contributed by atoms with Crippen molar-refractivity contribution in [3.8, 4) is 11.1 Å². The predicted octanol–water partition coefficient (Wildman–Crippen LogP) is 5.69. The molecule has 2 aromatic heterocycles. The van der Waals surface area contributed by atoms with Crippen molar-refractivity contribution < 1.29 is 26.3 Å². The number of nitrogens with zero attached hydrogens (tertiary/aromatic N) is 5. The monoisotopic (exact) mass is 552 g/mol. The fraction of sp³-hybridized carbons (Fsp3) is 0.481. The van der Waals surface area contributed by atoms with Crippen molar-refractivity contribution in [2.75, 3.05) is 38.2 Å². The summed E-state index contributed by atoms with van der Waals surface area (Å²) in [4.78, 5) is 8.14. The highest BCUT2D eigenvalue weighted by atomic mass is 19.4. The van der Waals surface area contributed by atoms with E-state index in [0.29, 0.717) is 39.9 Å². The van der Waals surface area contributed by atoms with Crippen LogP contribution in [0.4, 0.5) is 32.0 Å². The average molecular weight is 553 g/mol. The highest BCUT2D eigenvalue weighted by molar-refractivity contribution is 5.64. The number of alkyl halides is 6. The Morgan fingerprint density at radius 2 is 1.87 bits per heavy atom. The molecule has 0 aliphatic carbocycles. The molecular weight excluding hydrogens is 522 g/mol. The molecule has 1 saturated heterocycles. The largest absolute Gasteiger partial charge is 0.401 e. The molecule has 39 heavy (non-hydrogen) atoms. The van der Waals surface area contributed by atoms with Gasteiger partial charge in [-0.25, -0.2) is 4.68 Å². The summed E-state index contributed by atoms with van der Waals surface area (Å²) >= 11 is 0. The molecule has 4 heterocycles. The first-order valence-electron chi connectivity index (χ1n) is 12.9. The summed E-state index contributed by atoms with van der Waals surface area (Å²) in [5, 5.41) is 7.06. The van der Waals surface area contributed by atoms with Crippen molar-refractivity contribution in [3.63, 3.8) is 0 Å². The van der Waals surface area contributed by atoms with Crippen molar-refractivity contribution in [1.29, 1.82) is 0 Å². The molecule has 210 valence electrons. The molecule has 2 aliphatic rings. The van der Waals surface area contributed by atoms with Gasteiger partial charge in [0.2, 0.25) is 0 Å². The standard InChI is InChI=1S/C27H30F6N6/c1-17-9-19-10-18(20-11-35-39(13-20)26(29)30)3-5-23(19)25(38(17)16-27(31,32)33)24-6-4-21(12-34-24)36-22-14-37(15-22)8-2-7-28/h3-6,10-13,17,22,25-26,36H,2,7-9,14-16H2,1H3/t17-,25+/m1/s1. The Balaban J connectivity index is 1.40. The third kappa shape index (κ3) is 6.22. The zero-order valence-corrected chi connectivity index (χ0v) is 21.4. The van der Waals surface area contributed by atoms with Crippen molar-refractivity contribution in [3.05, 3.63) is 65.7 Å². The van der Waals surface area contributed by atoms with Gasteiger partial charge < -0.3 is 5.32 Å². The second-order valence-electron chi connectivity index (χ2n) is 10.3. The van der Waals surface area contributed by atoms with Gasteiger partial charge in [-0.15, -0.1) is 0 Å². The molecule has 1 N–H and O–H groups in total. The van der Waals surface area contributed by atoms with E-state index in [2.05, 4.69) is 20.3 Å². The Kier molecular flexibility index (Phi) is 7.86. The van der Waals surface area contributed by atoms with Crippen molar-refractivity contribution in [1.82, 2.24) is 24.6 Å². The van der Waals surface area contributed by atoms with Gasteiger partial charge in [0.15, 0.2) is 0 Å². The first-order chi connectivity index (χ1) is 18.6. The van der Waals surface area contributed by atoms with E-state index in [-0.39, 0.29) is 12.7 Å². The quantitative estimate of drug-likeness (QED) is 0.346. The minimum absolute atomic E-state index is 0.210. The SMILES string of the molecule is C[C@@H]1Cc2cc(-c3cnn(C(F)F)c3)ccc2[C@@H](c2ccc(NC3CN(CCCF)C3)cn2)N1CC(F)(F)F. The zero-order chi connectivity index (χ0) is 27.7. The molecule has 5 rings (SSSR count). The van der Waals surface area contributed by atoms with Crippen molar-refractivity contribution in [2.45, 2.75) is 50.6 Å². The van der Waals surface area contributed by atoms with Gasteiger partial charge >= 0.3 is 12.7 Å². The Hall–Kier alpha value is -3.12. The lowest BCUT2D eigenvalue weighted by atomic mass is 9.85. The van der Waals surface area contributed by atoms with E-state index in [1.807, 2.05) is 12.1 Å². The summed E-state index contributed by atoms with van der Waals surface area (Å²) < 4.78 is 79.8. The average Bonchev–Trinajstić information content (AvgIpc) is 3.36. The number of nitrogens with one attached hydrogen (secondary N) is 1. The number of halogens is 6. The van der Waals surface area contributed by atoms with Crippen molar-refractivity contribution >= 4 is 5.69 Å². The highest BCUT2D eigenvalue weighted by Crippen LogP contribution is 2.40. The molecule has 0 radical (unpaired) electrons. The molecule has 3 aromatic rings. The number of pyridine rings is 1. The van der Waals surface area contributed by atoms with Gasteiger partial charge in [0.25, 0.3) is 0 Å². The predicted molar refractivity (Wildman–Crippen MR) is 135 cm³/mol. The van der Waals surface area contributed by atoms with Crippen LogP contribution in [0.2, 0.25) is 0 Å². The Labute approximate surface area is 222 Å². The van der Waals surface area contributed by atoms with Gasteiger partial charge in [0.05, 0.1) is 49.1 Å². The van der Waals surface area contributed by atoms with E-state index in [1.54, 1.807) is 31.3 Å². The van der Waals surface area contributed by atoms with Crippen LogP contribution in [0.3, 0.4) is 0 Å². The van der Waals surface area contributed by atoms with Gasteiger partial charge in [-0.1, -0.05) is 18.2 Å². The van der Waals surface area contributed by atoms with Gasteiger partial charge in [-0.3, -0.25) is 19.2 Å². The van der Waals surface area contributed by atoms with Crippen LogP contribution in [0.5, 0.6) is 0 Å². The van der Waals surface area contributed by atoms with Crippen LogP contribution in [0.1, 0.15) is 42.8 Å². The maximum atomic E-state index is 13.6. The summed E-state index contributed by atoms with van der Waals surface area (Å²) in [7, 11) is 0. The topological polar surface area (TPSA) is 49.2 Å². The molecule has 0 amide bonds. The molecule has 0 saturated carbocycles. The number of anilines is 1. The molecule has 1 aromatic carbocycles. The van der Waals surface area contributed by atoms with E-state index in [1.165, 1.54) is 17.3 Å². The summed E-state index contributed by atoms with van der Waals surface area (Å²) in [6.45, 7) is -0.107. The van der Waals surface area contributed by atoms with Crippen LogP contribution in [-0.2, 0) is 6.42 Å². The lowest BCUT2D eigenvalue weighted by Crippen LogP contribution is -2.54. The summed E-state index contributed by atoms with van der Waals surface area (Å²) in [5.41, 5.74) is 4.00. The Morgan fingerprint density at radius 3 is 2.51 bits per heavy atom. The maximum Gasteiger partial charge on any atom is 0.401 e. The second kappa shape index (κ2) is 11.2. The maximum absolute atomic E-state index is 13.6. The minimum Gasteiger partial charge on any atom is -0.378 e. The molecule has 12 heteroatoms. The molecule has 2 aliphatic heterocycles. The number of benzene rings is 1. The number of hydrogen-bond donors (Lipinski definition) is 1. The Bertz CT molecular complexity index is 1250. The highest BCUT2D eigenvalue weighted by Gasteiger charge is 2.41. The number of rotatable bonds is 9. The van der Waals surface area contributed by atoms with E-state index in [9.17, 15) is 26.3 Å². The van der Waals surface area contributed by atoms with Gasteiger partial charge in [-0.05, 0) is 48.6 Å². The van der Waals surface area contributed by atoms with E-state index in [0.717, 1.165) is 30.9 Å². The van der Waals surface area contributed by atoms with Crippen LogP contribution in [0.15, 0.2) is 48.9 Å². The van der Waals surface area contributed by atoms with Gasteiger partial charge in [0.1, 0.15) is 0 Å². The molecule has 0 bridgehead atoms. The normalized spacial score (nSPS) is 20.7. The molecule has 2 atom stereocenters. The third-order valence-electron chi connectivity index (χ3n) is 7.35. The molecular formula is C27H30F6N6. The number of hydrogen-bond acceptors (Lipinski definition) is 5. The zero-order valence-electron chi connectivity index (χ0n) is 21.4. The van der Waals surface area contributed by atoms with Crippen LogP contribution in [-0.4, -0.2) is 75.7 Å². The van der Waals surface area contributed by atoms with Crippen LogP contribution in [0, 0.1) is 0 Å². The van der Waals surface area contributed by atoms with E-state index in [4.69, 9.17) is 0 Å². The Morgan fingerprint density at radius 1 is 1.08 bits per heavy atom. The minimum atomic E-state index is -4.40. The second-order valence-corrected chi connectivity index (χ2v) is 10.3. The molecule has 0 unspecified atom stereocenters. The summed E-state index contributed by atoms with van der Waals surface area (Å²) in [5.74, 6) is 0. The summed E-state index contributed by atoms with van der Waals surface area (Å²) in [6.07, 6.45) is 0.731. The number of fused-ring (bicyclic) bond motifs is 1. The third-order valence-corrected chi connectivity index (χ3v) is 7.35. The van der Waals surface area contributed by atoms with Crippen LogP contribution < -0.4 is 5.32 Å². The smallest absolute Gasteiger partial charge is 0.378 e. The van der Waals surface area contributed by atoms with Crippen molar-refractivity contribution in [2.24, 2.45) is 0 Å². The van der Waals surface area contributed by atoms with Gasteiger partial charge in [0, 0.05) is 37.4 Å². The fourth-order valence-electron chi connectivity index (χ4n) is 5.49. The lowest BCUT2D eigenvalue weighted by molar-refractivity contribution is -0.155. The van der Waals surface area contributed by atoms with E-state index < -0.39 is 31.4 Å². The number of aromatic nitrogens is 3. The van der Waals surface area contributed by atoms with Crippen LogP contribution in [0.25, 0.3) is 11.1 Å².